The van der Waals surface area contributed by atoms with E-state index in [0.29, 0.717) is 18.7 Å². The number of ether oxygens (including phenoxy) is 1. The summed E-state index contributed by atoms with van der Waals surface area (Å²) in [5.41, 5.74) is 3.16. The van der Waals surface area contributed by atoms with Crippen LogP contribution in [0.3, 0.4) is 0 Å². The molecule has 4 rings (SSSR count). The molecule has 1 fully saturated rings. The molecule has 6 heteroatoms. The van der Waals surface area contributed by atoms with Crippen molar-refractivity contribution in [2.75, 3.05) is 13.2 Å². The molecule has 0 unspecified atom stereocenters. The largest absolute Gasteiger partial charge is 0.488 e. The number of fused-ring (bicyclic) bond motifs is 1. The van der Waals surface area contributed by atoms with E-state index in [4.69, 9.17) is 4.74 Å². The van der Waals surface area contributed by atoms with Gasteiger partial charge < -0.3 is 4.74 Å². The summed E-state index contributed by atoms with van der Waals surface area (Å²) in [7, 11) is 1.95. The van der Waals surface area contributed by atoms with Gasteiger partial charge >= 0.3 is 0 Å². The van der Waals surface area contributed by atoms with Gasteiger partial charge in [-0.25, -0.2) is 4.52 Å². The molecule has 1 aliphatic rings. The number of hydrogen-bond donors (Lipinski definition) is 0. The molecule has 0 N–H and O–H groups in total. The predicted octanol–water partition coefficient (Wildman–Crippen LogP) is 2.60. The SMILES string of the molecule is CC(C)N1CC[C@H]1COc1cnn(C)c1-c1ccn2nccc2c1. The summed E-state index contributed by atoms with van der Waals surface area (Å²) in [6.45, 7) is 6.36. The topological polar surface area (TPSA) is 47.6 Å². The van der Waals surface area contributed by atoms with Gasteiger partial charge in [-0.05, 0) is 38.5 Å². The fourth-order valence-corrected chi connectivity index (χ4v) is 3.43. The molecule has 0 bridgehead atoms. The molecule has 1 atom stereocenters. The predicted molar refractivity (Wildman–Crippen MR) is 93.1 cm³/mol. The van der Waals surface area contributed by atoms with E-state index >= 15 is 0 Å². The van der Waals surface area contributed by atoms with Crippen molar-refractivity contribution in [2.24, 2.45) is 7.05 Å². The Kier molecular flexibility index (Phi) is 3.76. The van der Waals surface area contributed by atoms with Crippen molar-refractivity contribution in [3.63, 3.8) is 0 Å². The van der Waals surface area contributed by atoms with Crippen LogP contribution in [0.4, 0.5) is 0 Å². The van der Waals surface area contributed by atoms with Crippen LogP contribution in [-0.4, -0.2) is 49.5 Å². The van der Waals surface area contributed by atoms with E-state index in [1.807, 2.05) is 40.8 Å². The van der Waals surface area contributed by atoms with E-state index in [1.165, 1.54) is 13.0 Å². The number of rotatable bonds is 5. The first-order valence-electron chi connectivity index (χ1n) is 8.48. The van der Waals surface area contributed by atoms with Crippen molar-refractivity contribution in [1.82, 2.24) is 24.3 Å². The zero-order valence-electron chi connectivity index (χ0n) is 14.4. The first-order valence-corrected chi connectivity index (χ1v) is 8.48. The van der Waals surface area contributed by atoms with Crippen LogP contribution in [0.25, 0.3) is 16.8 Å². The third-order valence-corrected chi connectivity index (χ3v) is 4.86. The van der Waals surface area contributed by atoms with Gasteiger partial charge in [-0.1, -0.05) is 0 Å². The van der Waals surface area contributed by atoms with Gasteiger partial charge in [0.1, 0.15) is 12.3 Å². The van der Waals surface area contributed by atoms with Crippen LogP contribution in [-0.2, 0) is 7.05 Å². The highest BCUT2D eigenvalue weighted by Crippen LogP contribution is 2.31. The Balaban J connectivity index is 1.57. The van der Waals surface area contributed by atoms with Gasteiger partial charge in [-0.3, -0.25) is 9.58 Å². The zero-order chi connectivity index (χ0) is 16.7. The van der Waals surface area contributed by atoms with Crippen LogP contribution in [0, 0.1) is 0 Å². The fourth-order valence-electron chi connectivity index (χ4n) is 3.43. The van der Waals surface area contributed by atoms with Gasteiger partial charge in [-0.15, -0.1) is 0 Å². The van der Waals surface area contributed by atoms with Crippen molar-refractivity contribution in [2.45, 2.75) is 32.4 Å². The van der Waals surface area contributed by atoms with Gasteiger partial charge in [0.05, 0.1) is 11.7 Å². The van der Waals surface area contributed by atoms with Gasteiger partial charge in [-0.2, -0.15) is 10.2 Å². The van der Waals surface area contributed by atoms with Gasteiger partial charge in [0.25, 0.3) is 0 Å². The maximum atomic E-state index is 6.14. The Morgan fingerprint density at radius 2 is 2.17 bits per heavy atom. The lowest BCUT2D eigenvalue weighted by Gasteiger charge is -2.43. The monoisotopic (exact) mass is 325 g/mol. The summed E-state index contributed by atoms with van der Waals surface area (Å²) in [6.07, 6.45) is 6.79. The maximum Gasteiger partial charge on any atom is 0.165 e. The summed E-state index contributed by atoms with van der Waals surface area (Å²) in [4.78, 5) is 2.48. The molecule has 4 heterocycles. The molecule has 3 aromatic heterocycles. The van der Waals surface area contributed by atoms with Gasteiger partial charge in [0, 0.05) is 43.6 Å². The molecule has 0 saturated carbocycles. The minimum atomic E-state index is 0.510. The highest BCUT2D eigenvalue weighted by Gasteiger charge is 2.30. The van der Waals surface area contributed by atoms with Crippen LogP contribution in [0.2, 0.25) is 0 Å². The number of pyridine rings is 1. The van der Waals surface area contributed by atoms with Crippen molar-refractivity contribution >= 4 is 5.52 Å². The summed E-state index contributed by atoms with van der Waals surface area (Å²) in [5.74, 6) is 0.844. The first kappa shape index (κ1) is 15.2. The minimum absolute atomic E-state index is 0.510. The number of likely N-dealkylation sites (tertiary alicyclic amines) is 1. The van der Waals surface area contributed by atoms with Crippen LogP contribution in [0.15, 0.2) is 36.8 Å². The Morgan fingerprint density at radius 3 is 2.92 bits per heavy atom. The van der Waals surface area contributed by atoms with Crippen LogP contribution < -0.4 is 4.74 Å². The molecule has 0 aromatic carbocycles. The van der Waals surface area contributed by atoms with E-state index in [1.54, 1.807) is 6.20 Å². The smallest absolute Gasteiger partial charge is 0.165 e. The quantitative estimate of drug-likeness (QED) is 0.723. The normalized spacial score (nSPS) is 18.2. The zero-order valence-corrected chi connectivity index (χ0v) is 14.4. The van der Waals surface area contributed by atoms with Gasteiger partial charge in [0.2, 0.25) is 0 Å². The number of nitrogens with zero attached hydrogens (tertiary/aromatic N) is 5. The lowest BCUT2D eigenvalue weighted by molar-refractivity contribution is 0.0243. The maximum absolute atomic E-state index is 6.14. The first-order chi connectivity index (χ1) is 11.6. The molecule has 24 heavy (non-hydrogen) atoms. The molecular weight excluding hydrogens is 302 g/mol. The van der Waals surface area contributed by atoms with E-state index in [-0.39, 0.29) is 0 Å². The molecule has 3 aromatic rings. The Labute approximate surface area is 141 Å². The second-order valence-corrected chi connectivity index (χ2v) is 6.68. The second-order valence-electron chi connectivity index (χ2n) is 6.68. The lowest BCUT2D eigenvalue weighted by Crippen LogP contribution is -2.54. The van der Waals surface area contributed by atoms with Crippen molar-refractivity contribution in [3.8, 4) is 17.0 Å². The molecular formula is C18H23N5O. The van der Waals surface area contributed by atoms with E-state index in [9.17, 15) is 0 Å². The third-order valence-electron chi connectivity index (χ3n) is 4.86. The van der Waals surface area contributed by atoms with E-state index in [0.717, 1.165) is 22.5 Å². The Hall–Kier alpha value is -2.34. The molecule has 1 saturated heterocycles. The Bertz CT molecular complexity index is 850. The standard InChI is InChI=1S/C18H23N5O/c1-13(2)22-8-6-16(22)12-24-17-11-20-21(3)18(17)14-5-9-23-15(10-14)4-7-19-23/h4-5,7,9-11,13,16H,6,8,12H2,1-3H3/t16-/m0/s1. The van der Waals surface area contributed by atoms with E-state index in [2.05, 4.69) is 35.0 Å². The summed E-state index contributed by atoms with van der Waals surface area (Å²) in [6, 6.07) is 7.24. The summed E-state index contributed by atoms with van der Waals surface area (Å²) < 4.78 is 9.87. The average Bonchev–Trinajstić information content (AvgIpc) is 3.11. The van der Waals surface area contributed by atoms with Crippen LogP contribution >= 0.6 is 0 Å². The van der Waals surface area contributed by atoms with E-state index < -0.39 is 0 Å². The Morgan fingerprint density at radius 1 is 1.29 bits per heavy atom. The van der Waals surface area contributed by atoms with Gasteiger partial charge in [0.15, 0.2) is 5.75 Å². The molecule has 1 aliphatic heterocycles. The molecule has 0 radical (unpaired) electrons. The van der Waals surface area contributed by atoms with Crippen LogP contribution in [0.5, 0.6) is 5.75 Å². The molecule has 0 aliphatic carbocycles. The summed E-state index contributed by atoms with van der Waals surface area (Å²) in [5, 5.41) is 8.64. The number of aryl methyl sites for hydroxylation is 1. The van der Waals surface area contributed by atoms with Crippen molar-refractivity contribution < 1.29 is 4.74 Å². The second kappa shape index (κ2) is 5.94. The van der Waals surface area contributed by atoms with Crippen LogP contribution in [0.1, 0.15) is 20.3 Å². The van der Waals surface area contributed by atoms with Crippen molar-refractivity contribution in [1.29, 1.82) is 0 Å². The molecule has 0 amide bonds. The summed E-state index contributed by atoms with van der Waals surface area (Å²) >= 11 is 0. The number of aromatic nitrogens is 4. The number of hydrogen-bond acceptors (Lipinski definition) is 4. The highest BCUT2D eigenvalue weighted by molar-refractivity contribution is 5.70. The lowest BCUT2D eigenvalue weighted by atomic mass is 10.0. The van der Waals surface area contributed by atoms with Crippen molar-refractivity contribution in [3.05, 3.63) is 36.8 Å². The highest BCUT2D eigenvalue weighted by atomic mass is 16.5. The minimum Gasteiger partial charge on any atom is -0.488 e. The molecule has 0 spiro atoms. The molecule has 6 nitrogen and oxygen atoms in total. The molecule has 126 valence electrons. The average molecular weight is 325 g/mol. The fraction of sp³-hybridized carbons (Fsp3) is 0.444. The third kappa shape index (κ3) is 2.57.